The van der Waals surface area contributed by atoms with Gasteiger partial charge in [0.25, 0.3) is 10.0 Å². The number of nitrogens with one attached hydrogen (secondary N) is 2. The number of nitrogens with zero attached hydrogens (tertiary/aromatic N) is 1. The lowest BCUT2D eigenvalue weighted by Gasteiger charge is -2.06. The van der Waals surface area contributed by atoms with Crippen LogP contribution in [0.25, 0.3) is 0 Å². The van der Waals surface area contributed by atoms with Gasteiger partial charge < -0.3 is 5.32 Å². The highest BCUT2D eigenvalue weighted by Gasteiger charge is 2.14. The fourth-order valence-corrected chi connectivity index (χ4v) is 2.94. The maximum absolute atomic E-state index is 12.0. The van der Waals surface area contributed by atoms with Crippen molar-refractivity contribution in [3.63, 3.8) is 0 Å². The molecule has 1 aromatic carbocycles. The molecule has 2 N–H and O–H groups in total. The molecule has 0 radical (unpaired) electrons. The van der Waals surface area contributed by atoms with Crippen LogP contribution in [0.5, 0.6) is 0 Å². The van der Waals surface area contributed by atoms with E-state index >= 15 is 0 Å². The zero-order valence-corrected chi connectivity index (χ0v) is 11.6. The Bertz CT molecular complexity index is 664. The molecule has 0 atom stereocenters. The fraction of sp³-hybridized carbons (Fsp3) is 0.0909. The van der Waals surface area contributed by atoms with E-state index < -0.39 is 10.0 Å². The van der Waals surface area contributed by atoms with Gasteiger partial charge in [0.2, 0.25) is 5.91 Å². The summed E-state index contributed by atoms with van der Waals surface area (Å²) in [5, 5.41) is 4.16. The van der Waals surface area contributed by atoms with Crippen LogP contribution in [0.1, 0.15) is 6.92 Å². The summed E-state index contributed by atoms with van der Waals surface area (Å²) in [5.74, 6) is 0.0761. The molecule has 0 unspecified atom stereocenters. The van der Waals surface area contributed by atoms with Crippen LogP contribution in [-0.4, -0.2) is 19.3 Å². The lowest BCUT2D eigenvalue weighted by Crippen LogP contribution is -2.13. The highest BCUT2D eigenvalue weighted by Crippen LogP contribution is 2.18. The van der Waals surface area contributed by atoms with Crippen LogP contribution in [-0.2, 0) is 14.8 Å². The van der Waals surface area contributed by atoms with E-state index in [4.69, 9.17) is 0 Å². The van der Waals surface area contributed by atoms with Gasteiger partial charge in [-0.3, -0.25) is 9.52 Å². The first-order chi connectivity index (χ1) is 8.97. The van der Waals surface area contributed by atoms with Gasteiger partial charge in [-0.25, -0.2) is 13.4 Å². The molecule has 2 rings (SSSR count). The third-order valence-corrected chi connectivity index (χ3v) is 4.11. The summed E-state index contributed by atoms with van der Waals surface area (Å²) in [4.78, 5) is 14.8. The van der Waals surface area contributed by atoms with Gasteiger partial charge in [-0.15, -0.1) is 11.3 Å². The third kappa shape index (κ3) is 3.52. The van der Waals surface area contributed by atoms with Crippen molar-refractivity contribution in [3.8, 4) is 0 Å². The topological polar surface area (TPSA) is 88.2 Å². The van der Waals surface area contributed by atoms with Gasteiger partial charge >= 0.3 is 0 Å². The molecular formula is C11H11N3O3S2. The Labute approximate surface area is 114 Å². The Hall–Kier alpha value is -1.93. The van der Waals surface area contributed by atoms with Crippen molar-refractivity contribution in [3.05, 3.63) is 35.2 Å². The highest BCUT2D eigenvalue weighted by atomic mass is 32.2. The second kappa shape index (κ2) is 5.37. The number of thiazole rings is 1. The molecule has 1 heterocycles. The minimum atomic E-state index is -3.65. The lowest BCUT2D eigenvalue weighted by atomic mass is 10.3. The molecule has 0 aliphatic heterocycles. The molecule has 0 aliphatic carbocycles. The van der Waals surface area contributed by atoms with Crippen LogP contribution < -0.4 is 10.0 Å². The van der Waals surface area contributed by atoms with E-state index in [1.807, 2.05) is 0 Å². The van der Waals surface area contributed by atoms with Crippen molar-refractivity contribution in [1.82, 2.24) is 4.98 Å². The van der Waals surface area contributed by atoms with E-state index in [-0.39, 0.29) is 16.6 Å². The summed E-state index contributed by atoms with van der Waals surface area (Å²) < 4.78 is 26.4. The largest absolute Gasteiger partial charge is 0.326 e. The SMILES string of the molecule is CC(=O)Nc1ccc(S(=O)(=O)Nc2cscn2)cc1. The number of amides is 1. The molecule has 6 nitrogen and oxygen atoms in total. The van der Waals surface area contributed by atoms with Gasteiger partial charge in [-0.2, -0.15) is 0 Å². The van der Waals surface area contributed by atoms with E-state index in [2.05, 4.69) is 15.0 Å². The fourth-order valence-electron chi connectivity index (χ4n) is 1.38. The first-order valence-electron chi connectivity index (χ1n) is 5.26. The highest BCUT2D eigenvalue weighted by molar-refractivity contribution is 7.92. The smallest absolute Gasteiger partial charge is 0.263 e. The van der Waals surface area contributed by atoms with Crippen molar-refractivity contribution in [1.29, 1.82) is 0 Å². The number of carbonyl (C=O) groups is 1. The average Bonchev–Trinajstić information content (AvgIpc) is 2.81. The van der Waals surface area contributed by atoms with Crippen molar-refractivity contribution < 1.29 is 13.2 Å². The second-order valence-corrected chi connectivity index (χ2v) is 6.09. The predicted molar refractivity (Wildman–Crippen MR) is 73.7 cm³/mol. The zero-order chi connectivity index (χ0) is 13.9. The Kier molecular flexibility index (Phi) is 3.82. The number of benzene rings is 1. The molecule has 1 aromatic heterocycles. The number of hydrogen-bond donors (Lipinski definition) is 2. The van der Waals surface area contributed by atoms with E-state index in [0.717, 1.165) is 0 Å². The van der Waals surface area contributed by atoms with Gasteiger partial charge in [-0.05, 0) is 24.3 Å². The molecule has 0 aliphatic rings. The molecule has 0 bridgehead atoms. The number of sulfonamides is 1. The predicted octanol–water partition coefficient (Wildman–Crippen LogP) is 1.90. The minimum Gasteiger partial charge on any atom is -0.326 e. The quantitative estimate of drug-likeness (QED) is 0.902. The van der Waals surface area contributed by atoms with Crippen LogP contribution in [0.15, 0.2) is 40.1 Å². The Morgan fingerprint density at radius 2 is 1.95 bits per heavy atom. The molecule has 2 aromatic rings. The summed E-state index contributed by atoms with van der Waals surface area (Å²) in [6.45, 7) is 1.38. The van der Waals surface area contributed by atoms with Gasteiger partial charge in [-0.1, -0.05) is 0 Å². The Morgan fingerprint density at radius 1 is 1.26 bits per heavy atom. The molecule has 0 fully saturated rings. The standard InChI is InChI=1S/C11H11N3O3S2/c1-8(15)13-9-2-4-10(5-3-9)19(16,17)14-11-6-18-7-12-11/h2-7,14H,1H3,(H,13,15). The number of aromatic nitrogens is 1. The van der Waals surface area contributed by atoms with Crippen LogP contribution >= 0.6 is 11.3 Å². The van der Waals surface area contributed by atoms with Crippen LogP contribution in [0, 0.1) is 0 Å². The molecule has 8 heteroatoms. The molecule has 100 valence electrons. The number of anilines is 2. The summed E-state index contributed by atoms with van der Waals surface area (Å²) >= 11 is 1.30. The van der Waals surface area contributed by atoms with E-state index in [1.54, 1.807) is 5.38 Å². The normalized spacial score (nSPS) is 11.0. The van der Waals surface area contributed by atoms with Crippen molar-refractivity contribution in [2.75, 3.05) is 10.0 Å². The second-order valence-electron chi connectivity index (χ2n) is 3.68. The Morgan fingerprint density at radius 3 is 2.47 bits per heavy atom. The molecule has 19 heavy (non-hydrogen) atoms. The molecule has 1 amide bonds. The van der Waals surface area contributed by atoms with E-state index in [0.29, 0.717) is 5.69 Å². The summed E-state index contributed by atoms with van der Waals surface area (Å²) in [5.41, 5.74) is 2.08. The molecular weight excluding hydrogens is 286 g/mol. The monoisotopic (exact) mass is 297 g/mol. The molecule has 0 spiro atoms. The van der Waals surface area contributed by atoms with E-state index in [9.17, 15) is 13.2 Å². The van der Waals surface area contributed by atoms with Crippen molar-refractivity contribution in [2.45, 2.75) is 11.8 Å². The van der Waals surface area contributed by atoms with Gasteiger partial charge in [0.05, 0.1) is 10.4 Å². The third-order valence-electron chi connectivity index (χ3n) is 2.16. The number of carbonyl (C=O) groups excluding carboxylic acids is 1. The maximum atomic E-state index is 12.0. The first kappa shape index (κ1) is 13.5. The van der Waals surface area contributed by atoms with Crippen molar-refractivity contribution >= 4 is 38.8 Å². The lowest BCUT2D eigenvalue weighted by molar-refractivity contribution is -0.114. The summed E-state index contributed by atoms with van der Waals surface area (Å²) in [7, 11) is -3.65. The van der Waals surface area contributed by atoms with Crippen LogP contribution in [0.3, 0.4) is 0 Å². The van der Waals surface area contributed by atoms with Gasteiger partial charge in [0, 0.05) is 18.0 Å². The molecule has 0 saturated heterocycles. The zero-order valence-electron chi connectivity index (χ0n) is 9.95. The molecule has 0 saturated carbocycles. The van der Waals surface area contributed by atoms with Gasteiger partial charge in [0.1, 0.15) is 0 Å². The maximum Gasteiger partial charge on any atom is 0.263 e. The van der Waals surface area contributed by atoms with Crippen LogP contribution in [0.2, 0.25) is 0 Å². The van der Waals surface area contributed by atoms with E-state index in [1.165, 1.54) is 48.0 Å². The summed E-state index contributed by atoms with van der Waals surface area (Å²) in [6.07, 6.45) is 0. The number of hydrogen-bond acceptors (Lipinski definition) is 5. The number of rotatable bonds is 4. The first-order valence-corrected chi connectivity index (χ1v) is 7.68. The van der Waals surface area contributed by atoms with Gasteiger partial charge in [0.15, 0.2) is 5.82 Å². The minimum absolute atomic E-state index is 0.106. The Balaban J connectivity index is 2.19. The summed E-state index contributed by atoms with van der Waals surface area (Å²) in [6, 6.07) is 5.88. The van der Waals surface area contributed by atoms with Crippen LogP contribution in [0.4, 0.5) is 11.5 Å². The average molecular weight is 297 g/mol. The van der Waals surface area contributed by atoms with Crippen molar-refractivity contribution in [2.24, 2.45) is 0 Å².